The monoisotopic (exact) mass is 250 g/mol. The summed E-state index contributed by atoms with van der Waals surface area (Å²) in [6, 6.07) is 0. The van der Waals surface area contributed by atoms with Crippen LogP contribution in [-0.2, 0) is 11.3 Å². The lowest BCUT2D eigenvalue weighted by Crippen LogP contribution is -2.22. The van der Waals surface area contributed by atoms with Crippen LogP contribution >= 0.6 is 0 Å². The average Bonchev–Trinajstić information content (AvgIpc) is 3.00. The van der Waals surface area contributed by atoms with E-state index in [1.54, 1.807) is 13.3 Å². The molecule has 1 aliphatic carbocycles. The summed E-state index contributed by atoms with van der Waals surface area (Å²) >= 11 is 0. The average molecular weight is 250 g/mol. The lowest BCUT2D eigenvalue weighted by Gasteiger charge is -2.27. The van der Waals surface area contributed by atoms with Gasteiger partial charge in [-0.1, -0.05) is 19.8 Å². The van der Waals surface area contributed by atoms with Gasteiger partial charge in [0.15, 0.2) is 5.69 Å². The van der Waals surface area contributed by atoms with E-state index in [0.717, 1.165) is 6.54 Å². The van der Waals surface area contributed by atoms with E-state index in [0.29, 0.717) is 17.7 Å². The highest BCUT2D eigenvalue weighted by Gasteiger charge is 2.32. The molecule has 0 unspecified atom stereocenters. The van der Waals surface area contributed by atoms with Crippen LogP contribution in [0.4, 0.5) is 0 Å². The number of hydrogen-bond acceptors (Lipinski definition) is 3. The number of carbonyl (C=O) groups is 1. The van der Waals surface area contributed by atoms with Gasteiger partial charge in [-0.3, -0.25) is 0 Å². The van der Waals surface area contributed by atoms with Crippen LogP contribution < -0.4 is 0 Å². The van der Waals surface area contributed by atoms with Gasteiger partial charge in [0.25, 0.3) is 0 Å². The van der Waals surface area contributed by atoms with Crippen LogP contribution in [-0.4, -0.2) is 22.1 Å². The summed E-state index contributed by atoms with van der Waals surface area (Å²) < 4.78 is 6.99. The van der Waals surface area contributed by atoms with Crippen LogP contribution in [0.5, 0.6) is 0 Å². The quantitative estimate of drug-likeness (QED) is 0.754. The molecule has 0 atom stereocenters. The van der Waals surface area contributed by atoms with E-state index in [2.05, 4.69) is 11.9 Å². The Balaban J connectivity index is 2.04. The summed E-state index contributed by atoms with van der Waals surface area (Å²) in [5, 5.41) is 0. The van der Waals surface area contributed by atoms with Crippen molar-refractivity contribution < 1.29 is 9.53 Å². The van der Waals surface area contributed by atoms with Crippen LogP contribution in [0.3, 0.4) is 0 Å². The summed E-state index contributed by atoms with van der Waals surface area (Å²) in [5.74, 6) is -0.326. The highest BCUT2D eigenvalue weighted by atomic mass is 16.5. The van der Waals surface area contributed by atoms with E-state index >= 15 is 0 Å². The molecule has 1 heterocycles. The molecule has 1 aromatic heterocycles. The van der Waals surface area contributed by atoms with E-state index in [4.69, 9.17) is 4.74 Å². The molecular formula is C14H22N2O2. The molecule has 4 heteroatoms. The number of carbonyl (C=O) groups excluding carboxylic acids is 1. The maximum absolute atomic E-state index is 11.5. The van der Waals surface area contributed by atoms with Crippen molar-refractivity contribution in [1.29, 1.82) is 0 Å². The number of imidazole rings is 1. The van der Waals surface area contributed by atoms with Gasteiger partial charge in [-0.05, 0) is 31.6 Å². The summed E-state index contributed by atoms with van der Waals surface area (Å²) in [7, 11) is 0. The molecule has 0 aromatic carbocycles. The normalized spacial score (nSPS) is 17.9. The Kier molecular flexibility index (Phi) is 4.04. The van der Waals surface area contributed by atoms with Crippen LogP contribution in [0, 0.1) is 5.41 Å². The van der Waals surface area contributed by atoms with Crippen molar-refractivity contribution in [3.05, 3.63) is 18.2 Å². The SMILES string of the molecule is CCOC(=O)c1cn(CC2(CC)CCCC2)cn1. The Labute approximate surface area is 108 Å². The minimum Gasteiger partial charge on any atom is -0.461 e. The van der Waals surface area contributed by atoms with E-state index in [9.17, 15) is 4.79 Å². The summed E-state index contributed by atoms with van der Waals surface area (Å²) in [6.07, 6.45) is 9.99. The molecule has 1 aliphatic rings. The number of aromatic nitrogens is 2. The first-order valence-electron chi connectivity index (χ1n) is 6.88. The molecule has 0 bridgehead atoms. The molecule has 0 spiro atoms. The zero-order valence-corrected chi connectivity index (χ0v) is 11.3. The van der Waals surface area contributed by atoms with Gasteiger partial charge in [0.1, 0.15) is 0 Å². The van der Waals surface area contributed by atoms with Crippen LogP contribution in [0.25, 0.3) is 0 Å². The highest BCUT2D eigenvalue weighted by molar-refractivity contribution is 5.86. The van der Waals surface area contributed by atoms with Gasteiger partial charge < -0.3 is 9.30 Å². The zero-order chi connectivity index (χ0) is 13.0. The Morgan fingerprint density at radius 1 is 1.44 bits per heavy atom. The minimum absolute atomic E-state index is 0.326. The molecule has 1 aromatic rings. The molecule has 4 nitrogen and oxygen atoms in total. The fourth-order valence-electron chi connectivity index (χ4n) is 2.89. The lowest BCUT2D eigenvalue weighted by molar-refractivity contribution is 0.0520. The molecule has 0 N–H and O–H groups in total. The molecule has 18 heavy (non-hydrogen) atoms. The third kappa shape index (κ3) is 2.74. The fraction of sp³-hybridized carbons (Fsp3) is 0.714. The van der Waals surface area contributed by atoms with Crippen molar-refractivity contribution in [2.45, 2.75) is 52.5 Å². The third-order valence-electron chi connectivity index (χ3n) is 4.05. The Hall–Kier alpha value is -1.32. The van der Waals surface area contributed by atoms with Crippen LogP contribution in [0.1, 0.15) is 56.4 Å². The molecule has 100 valence electrons. The number of ether oxygens (including phenoxy) is 1. The zero-order valence-electron chi connectivity index (χ0n) is 11.3. The molecule has 2 rings (SSSR count). The Morgan fingerprint density at radius 3 is 2.78 bits per heavy atom. The largest absolute Gasteiger partial charge is 0.461 e. The summed E-state index contributed by atoms with van der Waals surface area (Å²) in [4.78, 5) is 15.7. The number of rotatable bonds is 5. The maximum atomic E-state index is 11.5. The van der Waals surface area contributed by atoms with Crippen molar-refractivity contribution in [2.24, 2.45) is 5.41 Å². The first-order chi connectivity index (χ1) is 8.69. The van der Waals surface area contributed by atoms with Crippen molar-refractivity contribution in [2.75, 3.05) is 6.61 Å². The highest BCUT2D eigenvalue weighted by Crippen LogP contribution is 2.42. The minimum atomic E-state index is -0.326. The number of nitrogens with zero attached hydrogens (tertiary/aromatic N) is 2. The second-order valence-corrected chi connectivity index (χ2v) is 5.21. The maximum Gasteiger partial charge on any atom is 0.358 e. The standard InChI is InChI=1S/C14H22N2O2/c1-3-14(7-5-6-8-14)10-16-9-12(15-11-16)13(17)18-4-2/h9,11H,3-8,10H2,1-2H3. The molecule has 0 radical (unpaired) electrons. The summed E-state index contributed by atoms with van der Waals surface area (Å²) in [6.45, 7) is 5.43. The predicted octanol–water partition coefficient (Wildman–Crippen LogP) is 3.03. The van der Waals surface area contributed by atoms with Crippen molar-refractivity contribution in [3.63, 3.8) is 0 Å². The number of esters is 1. The van der Waals surface area contributed by atoms with E-state index in [-0.39, 0.29) is 5.97 Å². The van der Waals surface area contributed by atoms with Gasteiger partial charge in [-0.2, -0.15) is 0 Å². The molecular weight excluding hydrogens is 228 g/mol. The van der Waals surface area contributed by atoms with Gasteiger partial charge in [0.2, 0.25) is 0 Å². The Bertz CT molecular complexity index is 406. The molecule has 1 saturated carbocycles. The van der Waals surface area contributed by atoms with Crippen molar-refractivity contribution >= 4 is 5.97 Å². The third-order valence-corrected chi connectivity index (χ3v) is 4.05. The molecule has 0 aliphatic heterocycles. The van der Waals surface area contributed by atoms with Crippen LogP contribution in [0.15, 0.2) is 12.5 Å². The molecule has 1 fully saturated rings. The topological polar surface area (TPSA) is 44.1 Å². The second-order valence-electron chi connectivity index (χ2n) is 5.21. The lowest BCUT2D eigenvalue weighted by atomic mass is 9.83. The van der Waals surface area contributed by atoms with Crippen molar-refractivity contribution in [3.8, 4) is 0 Å². The first kappa shape index (κ1) is 13.1. The molecule has 0 saturated heterocycles. The number of hydrogen-bond donors (Lipinski definition) is 0. The van der Waals surface area contributed by atoms with Gasteiger partial charge in [-0.25, -0.2) is 9.78 Å². The van der Waals surface area contributed by atoms with Gasteiger partial charge in [-0.15, -0.1) is 0 Å². The summed E-state index contributed by atoms with van der Waals surface area (Å²) in [5.41, 5.74) is 0.827. The first-order valence-corrected chi connectivity index (χ1v) is 6.88. The molecule has 0 amide bonds. The predicted molar refractivity (Wildman–Crippen MR) is 69.4 cm³/mol. The van der Waals surface area contributed by atoms with Gasteiger partial charge in [0.05, 0.1) is 12.9 Å². The van der Waals surface area contributed by atoms with Crippen molar-refractivity contribution in [1.82, 2.24) is 9.55 Å². The van der Waals surface area contributed by atoms with Crippen LogP contribution in [0.2, 0.25) is 0 Å². The fourth-order valence-corrected chi connectivity index (χ4v) is 2.89. The van der Waals surface area contributed by atoms with E-state index in [1.165, 1.54) is 32.1 Å². The Morgan fingerprint density at radius 2 is 2.17 bits per heavy atom. The van der Waals surface area contributed by atoms with E-state index < -0.39 is 0 Å². The second kappa shape index (κ2) is 5.55. The smallest absolute Gasteiger partial charge is 0.358 e. The van der Waals surface area contributed by atoms with E-state index in [1.807, 2.05) is 10.8 Å². The van der Waals surface area contributed by atoms with Gasteiger partial charge >= 0.3 is 5.97 Å². The van der Waals surface area contributed by atoms with Gasteiger partial charge in [0, 0.05) is 12.7 Å².